The van der Waals surface area contributed by atoms with Gasteiger partial charge in [-0.3, -0.25) is 4.79 Å². The molecule has 3 aromatic carbocycles. The highest BCUT2D eigenvalue weighted by atomic mass is 32.2. The van der Waals surface area contributed by atoms with Gasteiger partial charge in [-0.2, -0.15) is 4.98 Å². The Balaban J connectivity index is 1.07. The second kappa shape index (κ2) is 14.6. The van der Waals surface area contributed by atoms with Gasteiger partial charge in [0.2, 0.25) is 17.5 Å². The van der Waals surface area contributed by atoms with Crippen LogP contribution in [0.4, 0.5) is 5.95 Å². The Morgan fingerprint density at radius 2 is 1.69 bits per heavy atom. The molecule has 1 N–H and O–H groups in total. The smallest absolute Gasteiger partial charge is 0.264 e. The van der Waals surface area contributed by atoms with E-state index in [0.717, 1.165) is 53.9 Å². The molecule has 12 nitrogen and oxygen atoms in total. The van der Waals surface area contributed by atoms with Gasteiger partial charge in [-0.1, -0.05) is 68.4 Å². The van der Waals surface area contributed by atoms with Gasteiger partial charge in [0.1, 0.15) is 17.9 Å². The van der Waals surface area contributed by atoms with E-state index in [-0.39, 0.29) is 46.8 Å². The normalized spacial score (nSPS) is 21.1. The van der Waals surface area contributed by atoms with Crippen LogP contribution >= 0.6 is 0 Å². The maximum absolute atomic E-state index is 14.8. The van der Waals surface area contributed by atoms with Crippen molar-refractivity contribution in [3.8, 4) is 17.1 Å². The lowest BCUT2D eigenvalue weighted by Gasteiger charge is -2.63. The first-order valence-electron chi connectivity index (χ1n) is 19.7. The molecule has 0 spiro atoms. The average Bonchev–Trinajstić information content (AvgIpc) is 3.61. The van der Waals surface area contributed by atoms with E-state index in [0.29, 0.717) is 41.6 Å². The van der Waals surface area contributed by atoms with Crippen LogP contribution in [0.15, 0.2) is 100 Å². The molecule has 3 saturated carbocycles. The molecule has 3 aliphatic carbocycles. The van der Waals surface area contributed by atoms with Crippen LogP contribution in [0.5, 0.6) is 5.88 Å². The Labute approximate surface area is 338 Å². The summed E-state index contributed by atoms with van der Waals surface area (Å²) in [5, 5.41) is 0. The Morgan fingerprint density at radius 1 is 0.931 bits per heavy atom. The predicted octanol–water partition coefficient (Wildman–Crippen LogP) is 8.19. The number of rotatable bonds is 10. The van der Waals surface area contributed by atoms with E-state index in [1.165, 1.54) is 12.1 Å². The average molecular weight is 799 g/mol. The summed E-state index contributed by atoms with van der Waals surface area (Å²) in [4.78, 5) is 35.3. The van der Waals surface area contributed by atoms with Gasteiger partial charge in [-0.25, -0.2) is 28.1 Å². The molecule has 3 fully saturated rings. The molecule has 1 aliphatic heterocycles. The van der Waals surface area contributed by atoms with Crippen LogP contribution in [-0.4, -0.2) is 58.4 Å². The molecule has 4 heterocycles. The zero-order valence-electron chi connectivity index (χ0n) is 33.1. The molecule has 0 radical (unpaired) electrons. The van der Waals surface area contributed by atoms with Gasteiger partial charge in [0.15, 0.2) is 0 Å². The van der Waals surface area contributed by atoms with Crippen molar-refractivity contribution in [2.45, 2.75) is 82.9 Å². The topological polar surface area (TPSA) is 150 Å². The number of fused-ring (bicyclic) bond motifs is 5. The van der Waals surface area contributed by atoms with Gasteiger partial charge < -0.3 is 18.8 Å². The number of sulfonamides is 1. The molecule has 6 bridgehead atoms. The standard InChI is InChI=1S/C45H46N6O6S/c1-28-10-8-11-29(2)40(28)36-18-39-49-43(48-36)50-58(53,54)35-15-9-14-32(16-35)42(52)51(34(26-56-39)22-45-19-31(20-45)21-45)24-33-23-46-41-37(47-33)17-38(57-41)44(3,4)27-55-25-30-12-6-5-7-13-30/h5-18,23,31,34H,19-22,24-27H2,1-4H3,(H,48,49,50)/t31?,34-,45?/m1/s1. The summed E-state index contributed by atoms with van der Waals surface area (Å²) in [6, 6.07) is 25.3. The van der Waals surface area contributed by atoms with E-state index in [2.05, 4.69) is 33.5 Å². The second-order valence-corrected chi connectivity index (χ2v) is 18.6. The Kier molecular flexibility index (Phi) is 9.55. The van der Waals surface area contributed by atoms with Crippen molar-refractivity contribution in [3.05, 3.63) is 125 Å². The molecular weight excluding hydrogens is 753 g/mol. The summed E-state index contributed by atoms with van der Waals surface area (Å²) in [5.74, 6) is 1.17. The third-order valence-electron chi connectivity index (χ3n) is 11.9. The number of hydrogen-bond donors (Lipinski definition) is 1. The molecule has 0 unspecified atom stereocenters. The summed E-state index contributed by atoms with van der Waals surface area (Å²) in [5.41, 5.74) is 5.85. The lowest BCUT2D eigenvalue weighted by molar-refractivity contribution is -0.126. The van der Waals surface area contributed by atoms with Crippen molar-refractivity contribution >= 4 is 33.1 Å². The minimum Gasteiger partial charge on any atom is -0.475 e. The van der Waals surface area contributed by atoms with Crippen LogP contribution in [-0.2, 0) is 33.3 Å². The molecule has 4 aliphatic rings. The monoisotopic (exact) mass is 798 g/mol. The van der Waals surface area contributed by atoms with Crippen LogP contribution in [0.1, 0.15) is 78.0 Å². The summed E-state index contributed by atoms with van der Waals surface area (Å²) in [7, 11) is -4.21. The van der Waals surface area contributed by atoms with Crippen molar-refractivity contribution in [2.24, 2.45) is 11.3 Å². The van der Waals surface area contributed by atoms with Gasteiger partial charge in [0.05, 0.1) is 48.3 Å². The number of benzene rings is 3. The first-order chi connectivity index (χ1) is 27.8. The summed E-state index contributed by atoms with van der Waals surface area (Å²) in [6.45, 7) is 9.22. The van der Waals surface area contributed by atoms with E-state index >= 15 is 0 Å². The first-order valence-corrected chi connectivity index (χ1v) is 21.2. The second-order valence-electron chi connectivity index (χ2n) is 16.9. The van der Waals surface area contributed by atoms with E-state index in [9.17, 15) is 13.2 Å². The number of anilines is 1. The fourth-order valence-corrected chi connectivity index (χ4v) is 9.75. The number of furan rings is 1. The maximum atomic E-state index is 14.8. The fourth-order valence-electron chi connectivity index (χ4n) is 8.76. The highest BCUT2D eigenvalue weighted by Crippen LogP contribution is 2.67. The SMILES string of the molecule is Cc1cccc(C)c1-c1cc2nc(n1)NS(=O)(=O)c1cccc(c1)C(=O)N(Cc1cnc3oc(C(C)(C)COCc4ccccc4)cc3n1)[C@H](CC13CC(C1)C3)CO2. The zero-order chi connectivity index (χ0) is 40.2. The highest BCUT2D eigenvalue weighted by Gasteiger charge is 2.57. The molecule has 1 amide bonds. The lowest BCUT2D eigenvalue weighted by Crippen LogP contribution is -2.56. The van der Waals surface area contributed by atoms with Crippen molar-refractivity contribution < 1.29 is 27.1 Å². The largest absolute Gasteiger partial charge is 0.475 e. The summed E-state index contributed by atoms with van der Waals surface area (Å²) >= 11 is 0. The van der Waals surface area contributed by atoms with Crippen molar-refractivity contribution in [3.63, 3.8) is 0 Å². The van der Waals surface area contributed by atoms with Crippen molar-refractivity contribution in [1.82, 2.24) is 24.8 Å². The lowest BCUT2D eigenvalue weighted by atomic mass is 9.43. The predicted molar refractivity (Wildman–Crippen MR) is 219 cm³/mol. The van der Waals surface area contributed by atoms with E-state index in [4.69, 9.17) is 18.9 Å². The number of hydrogen-bond acceptors (Lipinski definition) is 10. The van der Waals surface area contributed by atoms with E-state index < -0.39 is 21.5 Å². The molecule has 0 saturated heterocycles. The van der Waals surface area contributed by atoms with Crippen LogP contribution in [0.2, 0.25) is 0 Å². The number of carbonyl (C=O) groups excluding carboxylic acids is 1. The number of nitrogens with zero attached hydrogens (tertiary/aromatic N) is 5. The minimum atomic E-state index is -4.21. The first kappa shape index (κ1) is 37.9. The molecule has 1 atom stereocenters. The van der Waals surface area contributed by atoms with Gasteiger partial charge in [0.25, 0.3) is 15.9 Å². The maximum Gasteiger partial charge on any atom is 0.264 e. The molecule has 13 heteroatoms. The van der Waals surface area contributed by atoms with Crippen LogP contribution in [0.3, 0.4) is 0 Å². The van der Waals surface area contributed by atoms with E-state index in [1.807, 2.05) is 68.4 Å². The molecular formula is C45H46N6O6S. The number of amides is 1. The zero-order valence-corrected chi connectivity index (χ0v) is 33.9. The number of nitrogens with one attached hydrogen (secondary N) is 1. The number of aryl methyl sites for hydroxylation is 2. The van der Waals surface area contributed by atoms with Crippen molar-refractivity contribution in [2.75, 3.05) is 17.9 Å². The molecule has 298 valence electrons. The highest BCUT2D eigenvalue weighted by molar-refractivity contribution is 7.92. The van der Waals surface area contributed by atoms with Gasteiger partial charge >= 0.3 is 0 Å². The molecule has 10 rings (SSSR count). The summed E-state index contributed by atoms with van der Waals surface area (Å²) in [6.07, 6.45) is 5.71. The van der Waals surface area contributed by atoms with Crippen molar-refractivity contribution in [1.29, 1.82) is 0 Å². The number of ether oxygens (including phenoxy) is 2. The fraction of sp³-hybridized carbons (Fsp3) is 0.356. The molecule has 3 aromatic heterocycles. The van der Waals surface area contributed by atoms with Gasteiger partial charge in [-0.15, -0.1) is 0 Å². The minimum absolute atomic E-state index is 0.0837. The Morgan fingerprint density at radius 3 is 2.43 bits per heavy atom. The van der Waals surface area contributed by atoms with Gasteiger partial charge in [0, 0.05) is 28.7 Å². The number of aromatic nitrogens is 4. The van der Waals surface area contributed by atoms with Crippen LogP contribution < -0.4 is 9.46 Å². The van der Waals surface area contributed by atoms with E-state index in [1.54, 1.807) is 29.3 Å². The molecule has 6 aromatic rings. The quantitative estimate of drug-likeness (QED) is 0.144. The Hall–Kier alpha value is -5.66. The third kappa shape index (κ3) is 7.44. The number of carbonyl (C=O) groups is 1. The van der Waals surface area contributed by atoms with Crippen LogP contribution in [0.25, 0.3) is 22.5 Å². The van der Waals surface area contributed by atoms with Gasteiger partial charge in [-0.05, 0) is 85.8 Å². The Bertz CT molecular complexity index is 2610. The summed E-state index contributed by atoms with van der Waals surface area (Å²) < 4.78 is 49.1. The third-order valence-corrected chi connectivity index (χ3v) is 13.2. The van der Waals surface area contributed by atoms with Crippen LogP contribution in [0, 0.1) is 25.2 Å². The molecule has 58 heavy (non-hydrogen) atoms.